The average Bonchev–Trinajstić information content (AvgIpc) is 2.88. The maximum Gasteiger partial charge on any atom is 0.118 e. The van der Waals surface area contributed by atoms with E-state index in [4.69, 9.17) is 4.74 Å². The molecule has 0 spiro atoms. The first kappa shape index (κ1) is 15.3. The molecule has 1 aromatic heterocycles. The molecule has 0 saturated heterocycles. The van der Waals surface area contributed by atoms with Gasteiger partial charge in [0.2, 0.25) is 0 Å². The smallest absolute Gasteiger partial charge is 0.118 e. The lowest BCUT2D eigenvalue weighted by Crippen LogP contribution is -2.27. The molecular weight excluding hydrogens is 393 g/mol. The molecule has 4 heteroatoms. The van der Waals surface area contributed by atoms with Crippen molar-refractivity contribution in [1.29, 1.82) is 0 Å². The minimum atomic E-state index is 0.351. The number of benzene rings is 1. The van der Waals surface area contributed by atoms with Crippen LogP contribution in [0.3, 0.4) is 0 Å². The molecule has 3 rings (SSSR count). The largest absolute Gasteiger partial charge is 0.497 e. The summed E-state index contributed by atoms with van der Waals surface area (Å²) in [5.41, 5.74) is 2.84. The monoisotopic (exact) mass is 413 g/mol. The molecule has 0 fully saturated rings. The van der Waals surface area contributed by atoms with Crippen molar-refractivity contribution in [2.24, 2.45) is 0 Å². The van der Waals surface area contributed by atoms with Gasteiger partial charge in [-0.25, -0.2) is 0 Å². The molecule has 0 aliphatic heterocycles. The lowest BCUT2D eigenvalue weighted by molar-refractivity contribution is 0.410. The summed E-state index contributed by atoms with van der Waals surface area (Å²) in [7, 11) is 1.71. The molecule has 0 radical (unpaired) electrons. The van der Waals surface area contributed by atoms with Crippen molar-refractivity contribution in [2.45, 2.75) is 38.3 Å². The predicted octanol–water partition coefficient (Wildman–Crippen LogP) is 5.09. The van der Waals surface area contributed by atoms with Crippen molar-refractivity contribution < 1.29 is 4.74 Å². The van der Waals surface area contributed by atoms with Crippen LogP contribution >= 0.6 is 33.9 Å². The van der Waals surface area contributed by atoms with Crippen molar-refractivity contribution in [3.05, 3.63) is 49.2 Å². The first-order chi connectivity index (χ1) is 10.2. The molecular formula is C17H20INOS. The topological polar surface area (TPSA) is 21.3 Å². The van der Waals surface area contributed by atoms with E-state index in [1.54, 1.807) is 12.0 Å². The van der Waals surface area contributed by atoms with Crippen molar-refractivity contribution in [2.75, 3.05) is 7.11 Å². The highest BCUT2D eigenvalue weighted by molar-refractivity contribution is 14.1. The molecule has 0 saturated carbocycles. The van der Waals surface area contributed by atoms with Gasteiger partial charge in [0.05, 0.1) is 9.99 Å². The Hall–Kier alpha value is -0.590. The Morgan fingerprint density at radius 2 is 2.10 bits per heavy atom. The summed E-state index contributed by atoms with van der Waals surface area (Å²) in [5.74, 6) is 0.915. The summed E-state index contributed by atoms with van der Waals surface area (Å²) in [6, 6.07) is 11.6. The highest BCUT2D eigenvalue weighted by atomic mass is 127. The number of halogens is 1. The van der Waals surface area contributed by atoms with Crippen LogP contribution in [-0.4, -0.2) is 7.11 Å². The second kappa shape index (κ2) is 6.67. The Balaban J connectivity index is 1.74. The van der Waals surface area contributed by atoms with Gasteiger partial charge in [0.1, 0.15) is 5.75 Å². The average molecular weight is 413 g/mol. The standard InChI is InChI=1S/C17H20INOS/c1-11(12-6-8-13(20-2)9-7-12)19-15-4-3-5-16-14(15)10-17(18)21-16/h6-11,15,19H,3-5H2,1-2H3. The van der Waals surface area contributed by atoms with Crippen LogP contribution in [0.5, 0.6) is 5.75 Å². The number of rotatable bonds is 4. The second-order valence-corrected chi connectivity index (χ2v) is 8.57. The molecule has 21 heavy (non-hydrogen) atoms. The van der Waals surface area contributed by atoms with Gasteiger partial charge in [-0.2, -0.15) is 0 Å². The van der Waals surface area contributed by atoms with Gasteiger partial charge in [0, 0.05) is 17.0 Å². The van der Waals surface area contributed by atoms with Crippen molar-refractivity contribution in [3.63, 3.8) is 0 Å². The number of aryl methyl sites for hydroxylation is 1. The Kier molecular flexibility index (Phi) is 4.86. The molecule has 2 nitrogen and oxygen atoms in total. The van der Waals surface area contributed by atoms with E-state index >= 15 is 0 Å². The number of hydrogen-bond acceptors (Lipinski definition) is 3. The number of fused-ring (bicyclic) bond motifs is 1. The molecule has 0 amide bonds. The fourth-order valence-corrected chi connectivity index (χ4v) is 5.10. The van der Waals surface area contributed by atoms with E-state index in [2.05, 4.69) is 53.0 Å². The summed E-state index contributed by atoms with van der Waals surface area (Å²) in [6.45, 7) is 2.24. The van der Waals surface area contributed by atoms with E-state index in [0.717, 1.165) is 5.75 Å². The van der Waals surface area contributed by atoms with Crippen LogP contribution in [-0.2, 0) is 6.42 Å². The number of ether oxygens (including phenoxy) is 1. The van der Waals surface area contributed by atoms with E-state index < -0.39 is 0 Å². The highest BCUT2D eigenvalue weighted by Gasteiger charge is 2.24. The summed E-state index contributed by atoms with van der Waals surface area (Å²) >= 11 is 4.39. The maximum atomic E-state index is 5.23. The van der Waals surface area contributed by atoms with Crippen LogP contribution in [0.4, 0.5) is 0 Å². The van der Waals surface area contributed by atoms with Crippen LogP contribution in [0.1, 0.15) is 47.9 Å². The fraction of sp³-hybridized carbons (Fsp3) is 0.412. The molecule has 2 aromatic rings. The first-order valence-electron chi connectivity index (χ1n) is 7.35. The van der Waals surface area contributed by atoms with Gasteiger partial charge in [-0.3, -0.25) is 0 Å². The Labute approximate surface area is 144 Å². The number of hydrogen-bond donors (Lipinski definition) is 1. The Morgan fingerprint density at radius 3 is 2.81 bits per heavy atom. The number of nitrogens with one attached hydrogen (secondary N) is 1. The van der Waals surface area contributed by atoms with Gasteiger partial charge in [-0.1, -0.05) is 12.1 Å². The summed E-state index contributed by atoms with van der Waals surface area (Å²) in [6.07, 6.45) is 3.77. The molecule has 1 aliphatic rings. The fourth-order valence-electron chi connectivity index (χ4n) is 2.99. The lowest BCUT2D eigenvalue weighted by Gasteiger charge is -2.27. The van der Waals surface area contributed by atoms with Gasteiger partial charge >= 0.3 is 0 Å². The third kappa shape index (κ3) is 3.43. The van der Waals surface area contributed by atoms with Crippen LogP contribution in [0.25, 0.3) is 0 Å². The minimum Gasteiger partial charge on any atom is -0.497 e. The van der Waals surface area contributed by atoms with Gasteiger partial charge in [0.25, 0.3) is 0 Å². The molecule has 1 heterocycles. The van der Waals surface area contributed by atoms with Gasteiger partial charge in [-0.15, -0.1) is 11.3 Å². The molecule has 1 N–H and O–H groups in total. The van der Waals surface area contributed by atoms with E-state index in [9.17, 15) is 0 Å². The van der Waals surface area contributed by atoms with E-state index in [0.29, 0.717) is 12.1 Å². The molecule has 2 atom stereocenters. The lowest BCUT2D eigenvalue weighted by atomic mass is 9.93. The zero-order valence-electron chi connectivity index (χ0n) is 12.4. The molecule has 1 aliphatic carbocycles. The first-order valence-corrected chi connectivity index (χ1v) is 9.25. The van der Waals surface area contributed by atoms with Crippen LogP contribution in [0, 0.1) is 2.88 Å². The zero-order valence-corrected chi connectivity index (χ0v) is 15.3. The summed E-state index contributed by atoms with van der Waals surface area (Å²) < 4.78 is 6.63. The third-order valence-electron chi connectivity index (χ3n) is 4.15. The molecule has 112 valence electrons. The van der Waals surface area contributed by atoms with E-state index in [1.807, 2.05) is 23.5 Å². The van der Waals surface area contributed by atoms with Crippen molar-refractivity contribution in [3.8, 4) is 5.75 Å². The highest BCUT2D eigenvalue weighted by Crippen LogP contribution is 2.37. The minimum absolute atomic E-state index is 0.351. The van der Waals surface area contributed by atoms with Crippen molar-refractivity contribution >= 4 is 33.9 Å². The number of methoxy groups -OCH3 is 1. The van der Waals surface area contributed by atoms with Gasteiger partial charge in [0.15, 0.2) is 0 Å². The normalized spacial score (nSPS) is 19.1. The van der Waals surface area contributed by atoms with Crippen LogP contribution in [0.2, 0.25) is 0 Å². The van der Waals surface area contributed by atoms with E-state index in [-0.39, 0.29) is 0 Å². The quantitative estimate of drug-likeness (QED) is 0.706. The summed E-state index contributed by atoms with van der Waals surface area (Å²) in [4.78, 5) is 1.57. The Morgan fingerprint density at radius 1 is 1.33 bits per heavy atom. The predicted molar refractivity (Wildman–Crippen MR) is 97.3 cm³/mol. The van der Waals surface area contributed by atoms with Crippen molar-refractivity contribution in [1.82, 2.24) is 5.32 Å². The van der Waals surface area contributed by atoms with Gasteiger partial charge in [-0.05, 0) is 78.1 Å². The number of thiophene rings is 1. The maximum absolute atomic E-state index is 5.23. The summed E-state index contributed by atoms with van der Waals surface area (Å²) in [5, 5.41) is 3.80. The Bertz CT molecular complexity index is 608. The van der Waals surface area contributed by atoms with Crippen LogP contribution in [0.15, 0.2) is 30.3 Å². The zero-order chi connectivity index (χ0) is 14.8. The van der Waals surface area contributed by atoms with E-state index in [1.165, 1.54) is 33.3 Å². The van der Waals surface area contributed by atoms with Gasteiger partial charge < -0.3 is 10.1 Å². The third-order valence-corrected chi connectivity index (χ3v) is 6.12. The SMILES string of the molecule is COc1ccc(C(C)NC2CCCc3sc(I)cc32)cc1. The van der Waals surface area contributed by atoms with Crippen LogP contribution < -0.4 is 10.1 Å². The second-order valence-electron chi connectivity index (χ2n) is 5.54. The molecule has 0 bridgehead atoms. The molecule has 2 unspecified atom stereocenters. The molecule has 1 aromatic carbocycles.